The predicted octanol–water partition coefficient (Wildman–Crippen LogP) is 7.87. The third-order valence-corrected chi connectivity index (χ3v) is 5.94. The van der Waals surface area contributed by atoms with E-state index in [1.54, 1.807) is 4.90 Å². The Morgan fingerprint density at radius 1 is 0.938 bits per heavy atom. The zero-order chi connectivity index (χ0) is 23.7. The minimum absolute atomic E-state index is 0.320. The molecule has 0 bridgehead atoms. The summed E-state index contributed by atoms with van der Waals surface area (Å²) in [6.07, 6.45) is 5.10. The molecule has 0 radical (unpaired) electrons. The summed E-state index contributed by atoms with van der Waals surface area (Å²) in [5, 5.41) is 2.29. The maximum absolute atomic E-state index is 14.0. The Hall–Kier alpha value is -2.50. The molecule has 0 heterocycles. The summed E-state index contributed by atoms with van der Waals surface area (Å²) in [6.45, 7) is 9.45. The molecule has 0 aromatic heterocycles. The van der Waals surface area contributed by atoms with Crippen LogP contribution in [-0.4, -0.2) is 17.5 Å². The van der Waals surface area contributed by atoms with Crippen molar-refractivity contribution in [2.75, 3.05) is 11.9 Å². The Labute approximate surface area is 190 Å². The van der Waals surface area contributed by atoms with Crippen LogP contribution in [0, 0.1) is 23.4 Å². The third-order valence-electron chi connectivity index (χ3n) is 5.94. The molecule has 2 rings (SSSR count). The van der Waals surface area contributed by atoms with Gasteiger partial charge >= 0.3 is 6.03 Å². The maximum atomic E-state index is 14.0. The van der Waals surface area contributed by atoms with E-state index in [1.807, 2.05) is 12.1 Å². The van der Waals surface area contributed by atoms with E-state index in [1.165, 1.54) is 5.56 Å². The first-order valence-electron chi connectivity index (χ1n) is 11.5. The summed E-state index contributed by atoms with van der Waals surface area (Å²) < 4.78 is 41.2. The van der Waals surface area contributed by atoms with Gasteiger partial charge in [-0.1, -0.05) is 77.6 Å². The van der Waals surface area contributed by atoms with Crippen molar-refractivity contribution < 1.29 is 18.0 Å². The minimum atomic E-state index is -1.13. The molecule has 2 aromatic rings. The van der Waals surface area contributed by atoms with Gasteiger partial charge < -0.3 is 10.2 Å². The van der Waals surface area contributed by atoms with E-state index in [0.717, 1.165) is 37.7 Å². The minimum Gasteiger partial charge on any atom is -0.320 e. The van der Waals surface area contributed by atoms with E-state index in [9.17, 15) is 18.0 Å². The quantitative estimate of drug-likeness (QED) is 0.349. The third kappa shape index (κ3) is 7.57. The van der Waals surface area contributed by atoms with Crippen molar-refractivity contribution in [1.29, 1.82) is 0 Å². The molecule has 1 N–H and O–H groups in total. The van der Waals surface area contributed by atoms with Crippen molar-refractivity contribution in [3.8, 4) is 0 Å². The number of carbonyl (C=O) groups excluding carboxylic acids is 1. The molecular formula is C26H35F3N2O. The largest absolute Gasteiger partial charge is 0.322 e. The van der Waals surface area contributed by atoms with E-state index >= 15 is 0 Å². The molecule has 0 aliphatic carbocycles. The molecular weight excluding hydrogens is 413 g/mol. The lowest BCUT2D eigenvalue weighted by atomic mass is 9.90. The van der Waals surface area contributed by atoms with Crippen LogP contribution in [0.3, 0.4) is 0 Å². The van der Waals surface area contributed by atoms with Crippen LogP contribution in [-0.2, 0) is 6.54 Å². The molecule has 176 valence electrons. The van der Waals surface area contributed by atoms with Gasteiger partial charge in [0.2, 0.25) is 0 Å². The molecule has 0 saturated carbocycles. The highest BCUT2D eigenvalue weighted by molar-refractivity contribution is 5.89. The van der Waals surface area contributed by atoms with Crippen molar-refractivity contribution in [3.63, 3.8) is 0 Å². The molecule has 1 unspecified atom stereocenters. The van der Waals surface area contributed by atoms with Crippen molar-refractivity contribution in [3.05, 3.63) is 65.0 Å². The molecule has 6 heteroatoms. The van der Waals surface area contributed by atoms with Gasteiger partial charge in [0.05, 0.1) is 0 Å². The summed E-state index contributed by atoms with van der Waals surface area (Å²) in [6, 6.07) is 8.62. The van der Waals surface area contributed by atoms with Gasteiger partial charge in [-0.2, -0.15) is 0 Å². The van der Waals surface area contributed by atoms with E-state index in [0.29, 0.717) is 37.1 Å². The second-order valence-corrected chi connectivity index (χ2v) is 8.78. The Bertz CT molecular complexity index is 845. The average Bonchev–Trinajstić information content (AvgIpc) is 2.75. The molecule has 0 fully saturated rings. The summed E-state index contributed by atoms with van der Waals surface area (Å²) in [5.41, 5.74) is 1.54. The molecule has 0 aliphatic rings. The fourth-order valence-electron chi connectivity index (χ4n) is 3.54. The first-order chi connectivity index (χ1) is 15.2. The molecule has 1 atom stereocenters. The normalized spacial score (nSPS) is 12.1. The highest BCUT2D eigenvalue weighted by Crippen LogP contribution is 2.25. The summed E-state index contributed by atoms with van der Waals surface area (Å²) in [7, 11) is 0. The number of rotatable bonds is 11. The van der Waals surface area contributed by atoms with Gasteiger partial charge in [-0.15, -0.1) is 0 Å². The summed E-state index contributed by atoms with van der Waals surface area (Å²) in [4.78, 5) is 14.4. The van der Waals surface area contributed by atoms with Crippen LogP contribution < -0.4 is 5.32 Å². The maximum Gasteiger partial charge on any atom is 0.322 e. The van der Waals surface area contributed by atoms with Crippen LogP contribution in [0.4, 0.5) is 23.7 Å². The van der Waals surface area contributed by atoms with E-state index in [4.69, 9.17) is 0 Å². The molecule has 32 heavy (non-hydrogen) atoms. The number of urea groups is 1. The highest BCUT2D eigenvalue weighted by atomic mass is 19.1. The average molecular weight is 449 g/mol. The SMILES string of the molecule is CCCCCCCN(Cc1ccc(C(C)C(C)C)cc1)C(=O)Nc1c(F)cc(F)cc1F. The van der Waals surface area contributed by atoms with Crippen LogP contribution in [0.2, 0.25) is 0 Å². The second kappa shape index (κ2) is 12.5. The number of unbranched alkanes of at least 4 members (excludes halogenated alkanes) is 4. The van der Waals surface area contributed by atoms with E-state index in [-0.39, 0.29) is 0 Å². The van der Waals surface area contributed by atoms with Gasteiger partial charge in [0, 0.05) is 25.2 Å². The van der Waals surface area contributed by atoms with Crippen LogP contribution >= 0.6 is 0 Å². The number of nitrogens with one attached hydrogen (secondary N) is 1. The van der Waals surface area contributed by atoms with Crippen molar-refractivity contribution >= 4 is 11.7 Å². The summed E-state index contributed by atoms with van der Waals surface area (Å²) in [5.74, 6) is -2.35. The number of anilines is 1. The number of amides is 2. The van der Waals surface area contributed by atoms with E-state index in [2.05, 4.69) is 45.1 Å². The van der Waals surface area contributed by atoms with Gasteiger partial charge in [0.25, 0.3) is 0 Å². The highest BCUT2D eigenvalue weighted by Gasteiger charge is 2.19. The lowest BCUT2D eigenvalue weighted by molar-refractivity contribution is 0.207. The number of benzene rings is 2. The van der Waals surface area contributed by atoms with Crippen molar-refractivity contribution in [1.82, 2.24) is 4.90 Å². The lowest BCUT2D eigenvalue weighted by Crippen LogP contribution is -2.35. The number of hydrogen-bond donors (Lipinski definition) is 1. The van der Waals surface area contributed by atoms with Gasteiger partial charge in [-0.25, -0.2) is 18.0 Å². The first-order valence-corrected chi connectivity index (χ1v) is 11.5. The van der Waals surface area contributed by atoms with E-state index < -0.39 is 29.2 Å². The zero-order valence-electron chi connectivity index (χ0n) is 19.6. The number of hydrogen-bond acceptors (Lipinski definition) is 1. The Morgan fingerprint density at radius 2 is 1.53 bits per heavy atom. The van der Waals surface area contributed by atoms with Crippen LogP contribution in [0.5, 0.6) is 0 Å². The monoisotopic (exact) mass is 448 g/mol. The van der Waals surface area contributed by atoms with Gasteiger partial charge in [-0.3, -0.25) is 0 Å². The molecule has 0 spiro atoms. The Morgan fingerprint density at radius 3 is 2.09 bits per heavy atom. The van der Waals surface area contributed by atoms with Crippen LogP contribution in [0.25, 0.3) is 0 Å². The first kappa shape index (κ1) is 25.8. The smallest absolute Gasteiger partial charge is 0.320 e. The molecule has 0 aliphatic heterocycles. The zero-order valence-corrected chi connectivity index (χ0v) is 19.6. The molecule has 3 nitrogen and oxygen atoms in total. The number of halogens is 3. The van der Waals surface area contributed by atoms with Gasteiger partial charge in [-0.05, 0) is 29.4 Å². The Balaban J connectivity index is 2.13. The number of carbonyl (C=O) groups is 1. The van der Waals surface area contributed by atoms with Crippen molar-refractivity contribution in [2.24, 2.45) is 5.92 Å². The fourth-order valence-corrected chi connectivity index (χ4v) is 3.54. The van der Waals surface area contributed by atoms with Crippen LogP contribution in [0.15, 0.2) is 36.4 Å². The predicted molar refractivity (Wildman–Crippen MR) is 124 cm³/mol. The van der Waals surface area contributed by atoms with Gasteiger partial charge in [0.1, 0.15) is 11.5 Å². The standard InChI is InChI=1S/C26H35F3N2O/c1-5-6-7-8-9-14-31(17-20-10-12-21(13-11-20)19(4)18(2)3)26(32)30-25-23(28)15-22(27)16-24(25)29/h10-13,15-16,18-19H,5-9,14,17H2,1-4H3,(H,30,32). The second-order valence-electron chi connectivity index (χ2n) is 8.78. The molecule has 0 saturated heterocycles. The van der Waals surface area contributed by atoms with Gasteiger partial charge in [0.15, 0.2) is 11.6 Å². The van der Waals surface area contributed by atoms with Crippen LogP contribution in [0.1, 0.15) is 76.8 Å². The van der Waals surface area contributed by atoms with Crippen molar-refractivity contribution in [2.45, 2.75) is 72.3 Å². The topological polar surface area (TPSA) is 32.3 Å². The molecule has 2 amide bonds. The number of nitrogens with zero attached hydrogens (tertiary/aromatic N) is 1. The Kier molecular flexibility index (Phi) is 10.1. The fraction of sp³-hybridized carbons (Fsp3) is 0.500. The summed E-state index contributed by atoms with van der Waals surface area (Å²) >= 11 is 0. The lowest BCUT2D eigenvalue weighted by Gasteiger charge is -2.24. The molecule has 2 aromatic carbocycles.